The van der Waals surface area contributed by atoms with Crippen LogP contribution in [0.25, 0.3) is 22.0 Å². The van der Waals surface area contributed by atoms with E-state index in [1.54, 1.807) is 12.3 Å². The molecule has 3 heterocycles. The summed E-state index contributed by atoms with van der Waals surface area (Å²) >= 11 is 0. The van der Waals surface area contributed by atoms with Gasteiger partial charge in [-0.25, -0.2) is 14.4 Å². The number of anilines is 2. The summed E-state index contributed by atoms with van der Waals surface area (Å²) in [6.45, 7) is 0. The number of nitrogens with zero attached hydrogens (tertiary/aromatic N) is 3. The Morgan fingerprint density at radius 3 is 3.10 bits per heavy atom. The van der Waals surface area contributed by atoms with E-state index in [1.165, 1.54) is 24.7 Å². The van der Waals surface area contributed by atoms with Crippen LogP contribution >= 0.6 is 0 Å². The van der Waals surface area contributed by atoms with Crippen LogP contribution in [0.1, 0.15) is 0 Å². The minimum absolute atomic E-state index is 0.321. The largest absolute Gasteiger partial charge is 0.462 e. The zero-order valence-corrected chi connectivity index (χ0v) is 10.1. The average Bonchev–Trinajstić information content (AvgIpc) is 3.06. The molecule has 6 nitrogen and oxygen atoms in total. The van der Waals surface area contributed by atoms with Crippen molar-refractivity contribution >= 4 is 33.5 Å². The van der Waals surface area contributed by atoms with Crippen LogP contribution in [0.15, 0.2) is 41.4 Å². The number of halogens is 1. The molecule has 0 aliphatic rings. The number of H-pyrrole nitrogens is 1. The molecule has 0 spiro atoms. The highest BCUT2D eigenvalue weighted by Gasteiger charge is 2.10. The Morgan fingerprint density at radius 2 is 2.15 bits per heavy atom. The van der Waals surface area contributed by atoms with Crippen molar-refractivity contribution < 1.29 is 8.81 Å². The van der Waals surface area contributed by atoms with E-state index in [2.05, 4.69) is 25.5 Å². The summed E-state index contributed by atoms with van der Waals surface area (Å²) in [4.78, 5) is 8.22. The third-order valence-electron chi connectivity index (χ3n) is 3.04. The highest BCUT2D eigenvalue weighted by atomic mass is 19.1. The molecule has 0 bridgehead atoms. The number of rotatable bonds is 2. The number of hydrogen-bond donors (Lipinski definition) is 2. The van der Waals surface area contributed by atoms with Crippen molar-refractivity contribution in [3.8, 4) is 0 Å². The number of furan rings is 1. The first kappa shape index (κ1) is 10.9. The lowest BCUT2D eigenvalue weighted by molar-refractivity contribution is 0.610. The van der Waals surface area contributed by atoms with Gasteiger partial charge in [-0.05, 0) is 18.2 Å². The number of aromatic amines is 1. The molecule has 0 saturated heterocycles. The van der Waals surface area contributed by atoms with Crippen molar-refractivity contribution in [1.82, 2.24) is 20.2 Å². The highest BCUT2D eigenvalue weighted by molar-refractivity contribution is 5.95. The normalized spacial score (nSPS) is 11.2. The molecule has 2 N–H and O–H groups in total. The third-order valence-corrected chi connectivity index (χ3v) is 3.04. The molecule has 0 aliphatic heterocycles. The average molecular weight is 269 g/mol. The summed E-state index contributed by atoms with van der Waals surface area (Å²) in [5.41, 5.74) is 1.87. The molecular weight excluding hydrogens is 261 g/mol. The van der Waals surface area contributed by atoms with Gasteiger partial charge < -0.3 is 9.73 Å². The molecule has 20 heavy (non-hydrogen) atoms. The fraction of sp³-hybridized carbons (Fsp3) is 0. The molecule has 4 aromatic rings. The van der Waals surface area contributed by atoms with E-state index < -0.39 is 0 Å². The summed E-state index contributed by atoms with van der Waals surface area (Å²) in [6.07, 6.45) is 4.57. The number of nitrogens with one attached hydrogen (secondary N) is 2. The van der Waals surface area contributed by atoms with Gasteiger partial charge in [-0.1, -0.05) is 0 Å². The van der Waals surface area contributed by atoms with Crippen LogP contribution in [0.2, 0.25) is 0 Å². The van der Waals surface area contributed by atoms with E-state index in [-0.39, 0.29) is 5.82 Å². The lowest BCUT2D eigenvalue weighted by Gasteiger charge is -2.03. The van der Waals surface area contributed by atoms with Crippen LogP contribution < -0.4 is 5.32 Å². The third kappa shape index (κ3) is 1.60. The van der Waals surface area contributed by atoms with E-state index in [9.17, 15) is 4.39 Å². The maximum Gasteiger partial charge on any atom is 0.160 e. The van der Waals surface area contributed by atoms with Crippen LogP contribution in [-0.2, 0) is 0 Å². The minimum atomic E-state index is -0.321. The second kappa shape index (κ2) is 4.02. The molecule has 1 aromatic carbocycles. The number of aromatic nitrogens is 4. The Morgan fingerprint density at radius 1 is 1.20 bits per heavy atom. The quantitative estimate of drug-likeness (QED) is 0.584. The topological polar surface area (TPSA) is 79.6 Å². The standard InChI is InChI=1S/C13H8FN5O/c14-7-1-2-11-8(3-7)10(5-20-11)18-12-9-4-17-19-13(9)16-6-15-12/h1-6H,(H2,15,16,17,18,19). The molecule has 7 heteroatoms. The molecule has 0 fully saturated rings. The summed E-state index contributed by atoms with van der Waals surface area (Å²) in [6, 6.07) is 4.35. The Labute approximate surface area is 111 Å². The van der Waals surface area contributed by atoms with Crippen molar-refractivity contribution in [2.45, 2.75) is 0 Å². The minimum Gasteiger partial charge on any atom is -0.462 e. The second-order valence-corrected chi connectivity index (χ2v) is 4.27. The van der Waals surface area contributed by atoms with Gasteiger partial charge in [-0.15, -0.1) is 0 Å². The molecule has 0 atom stereocenters. The van der Waals surface area contributed by atoms with E-state index in [0.29, 0.717) is 28.1 Å². The predicted octanol–water partition coefficient (Wildman–Crippen LogP) is 2.98. The van der Waals surface area contributed by atoms with Crippen LogP contribution in [0.4, 0.5) is 15.9 Å². The fourth-order valence-corrected chi connectivity index (χ4v) is 2.09. The molecule has 4 rings (SSSR count). The number of benzene rings is 1. The molecule has 0 aliphatic carbocycles. The van der Waals surface area contributed by atoms with Crippen molar-refractivity contribution in [2.24, 2.45) is 0 Å². The maximum absolute atomic E-state index is 13.3. The zero-order chi connectivity index (χ0) is 13.5. The van der Waals surface area contributed by atoms with Crippen LogP contribution in [0, 0.1) is 5.82 Å². The molecule has 98 valence electrons. The predicted molar refractivity (Wildman–Crippen MR) is 71.1 cm³/mol. The lowest BCUT2D eigenvalue weighted by Crippen LogP contribution is -1.94. The smallest absolute Gasteiger partial charge is 0.160 e. The van der Waals surface area contributed by atoms with Gasteiger partial charge in [0.2, 0.25) is 0 Å². The second-order valence-electron chi connectivity index (χ2n) is 4.27. The first-order valence-corrected chi connectivity index (χ1v) is 5.89. The van der Waals surface area contributed by atoms with Gasteiger partial charge in [0.15, 0.2) is 5.65 Å². The molecule has 3 aromatic heterocycles. The molecule has 0 saturated carbocycles. The lowest BCUT2D eigenvalue weighted by atomic mass is 10.2. The van der Waals surface area contributed by atoms with E-state index in [4.69, 9.17) is 4.42 Å². The van der Waals surface area contributed by atoms with Crippen LogP contribution in [0.5, 0.6) is 0 Å². The van der Waals surface area contributed by atoms with Gasteiger partial charge in [0.05, 0.1) is 17.3 Å². The SMILES string of the molecule is Fc1ccc2occ(Nc3ncnc4[nH]ncc34)c2c1. The van der Waals surface area contributed by atoms with Crippen LogP contribution in [0.3, 0.4) is 0 Å². The maximum atomic E-state index is 13.3. The number of hydrogen-bond acceptors (Lipinski definition) is 5. The Balaban J connectivity index is 1.84. The van der Waals surface area contributed by atoms with Gasteiger partial charge in [-0.2, -0.15) is 5.10 Å². The Kier molecular flexibility index (Phi) is 2.19. The Bertz CT molecular complexity index is 913. The van der Waals surface area contributed by atoms with Crippen molar-refractivity contribution in [2.75, 3.05) is 5.32 Å². The Hall–Kier alpha value is -2.96. The van der Waals surface area contributed by atoms with Crippen molar-refractivity contribution in [3.63, 3.8) is 0 Å². The van der Waals surface area contributed by atoms with E-state index >= 15 is 0 Å². The monoisotopic (exact) mass is 269 g/mol. The summed E-state index contributed by atoms with van der Waals surface area (Å²) in [7, 11) is 0. The van der Waals surface area contributed by atoms with Gasteiger partial charge in [0.25, 0.3) is 0 Å². The van der Waals surface area contributed by atoms with Gasteiger partial charge in [0.1, 0.15) is 29.8 Å². The summed E-state index contributed by atoms with van der Waals surface area (Å²) in [5.74, 6) is 0.258. The van der Waals surface area contributed by atoms with E-state index in [0.717, 1.165) is 5.39 Å². The van der Waals surface area contributed by atoms with E-state index in [1.807, 2.05) is 0 Å². The van der Waals surface area contributed by atoms with Gasteiger partial charge >= 0.3 is 0 Å². The molecule has 0 unspecified atom stereocenters. The van der Waals surface area contributed by atoms with Crippen molar-refractivity contribution in [1.29, 1.82) is 0 Å². The van der Waals surface area contributed by atoms with Crippen LogP contribution in [-0.4, -0.2) is 20.2 Å². The van der Waals surface area contributed by atoms with Gasteiger partial charge in [0, 0.05) is 5.39 Å². The molecule has 0 amide bonds. The number of fused-ring (bicyclic) bond motifs is 2. The zero-order valence-electron chi connectivity index (χ0n) is 10.1. The van der Waals surface area contributed by atoms with Gasteiger partial charge in [-0.3, -0.25) is 5.10 Å². The van der Waals surface area contributed by atoms with Crippen molar-refractivity contribution in [3.05, 3.63) is 42.8 Å². The first-order valence-electron chi connectivity index (χ1n) is 5.89. The summed E-state index contributed by atoms with van der Waals surface area (Å²) in [5, 5.41) is 11.2. The summed E-state index contributed by atoms with van der Waals surface area (Å²) < 4.78 is 18.7. The first-order chi connectivity index (χ1) is 9.81. The molecular formula is C13H8FN5O. The molecule has 0 radical (unpaired) electrons. The highest BCUT2D eigenvalue weighted by Crippen LogP contribution is 2.30. The fourth-order valence-electron chi connectivity index (χ4n) is 2.09.